The number of guanidine groups is 1. The van der Waals surface area contributed by atoms with Gasteiger partial charge in [-0.1, -0.05) is 32.0 Å². The molecule has 6 nitrogen and oxygen atoms in total. The molecule has 25 heavy (non-hydrogen) atoms. The van der Waals surface area contributed by atoms with Gasteiger partial charge in [-0.05, 0) is 25.0 Å². The molecule has 136 valence electrons. The van der Waals surface area contributed by atoms with E-state index in [9.17, 15) is 0 Å². The van der Waals surface area contributed by atoms with E-state index < -0.39 is 0 Å². The van der Waals surface area contributed by atoms with E-state index in [1.807, 2.05) is 42.7 Å². The molecule has 2 N–H and O–H groups in total. The Morgan fingerprint density at radius 3 is 2.76 bits per heavy atom. The number of imidazole rings is 1. The topological polar surface area (TPSA) is 63.5 Å². The summed E-state index contributed by atoms with van der Waals surface area (Å²) in [6, 6.07) is 9.81. The maximum absolute atomic E-state index is 5.69. The summed E-state index contributed by atoms with van der Waals surface area (Å²) in [5, 5.41) is 6.54. The summed E-state index contributed by atoms with van der Waals surface area (Å²) >= 11 is 0. The first-order valence-corrected chi connectivity index (χ1v) is 8.89. The Morgan fingerprint density at radius 1 is 1.24 bits per heavy atom. The third-order valence-electron chi connectivity index (χ3n) is 3.49. The first-order valence-electron chi connectivity index (χ1n) is 8.89. The number of nitrogens with zero attached hydrogens (tertiary/aromatic N) is 3. The number of aromatic nitrogens is 2. The molecular weight excluding hydrogens is 314 g/mol. The molecule has 1 heterocycles. The van der Waals surface area contributed by atoms with Gasteiger partial charge >= 0.3 is 0 Å². The number of para-hydroxylation sites is 1. The third kappa shape index (κ3) is 6.87. The Balaban J connectivity index is 1.82. The van der Waals surface area contributed by atoms with Gasteiger partial charge in [-0.25, -0.2) is 9.98 Å². The highest BCUT2D eigenvalue weighted by Crippen LogP contribution is 2.07. The number of hydrogen-bond donors (Lipinski definition) is 2. The molecule has 0 atom stereocenters. The van der Waals surface area contributed by atoms with Crippen LogP contribution in [0.4, 0.5) is 0 Å². The fourth-order valence-corrected chi connectivity index (χ4v) is 2.40. The van der Waals surface area contributed by atoms with E-state index in [4.69, 9.17) is 4.74 Å². The zero-order valence-electron chi connectivity index (χ0n) is 15.4. The average molecular weight is 343 g/mol. The lowest BCUT2D eigenvalue weighted by molar-refractivity contribution is 0.322. The zero-order chi connectivity index (χ0) is 17.9. The van der Waals surface area contributed by atoms with Crippen molar-refractivity contribution in [1.29, 1.82) is 0 Å². The lowest BCUT2D eigenvalue weighted by atomic mass is 10.2. The highest BCUT2D eigenvalue weighted by molar-refractivity contribution is 5.79. The Bertz CT molecular complexity index is 636. The second kappa shape index (κ2) is 10.4. The van der Waals surface area contributed by atoms with Gasteiger partial charge in [0.2, 0.25) is 0 Å². The summed E-state index contributed by atoms with van der Waals surface area (Å²) in [5.74, 6) is 3.21. The van der Waals surface area contributed by atoms with Crippen molar-refractivity contribution in [2.75, 3.05) is 19.7 Å². The Labute approximate surface area is 150 Å². The minimum Gasteiger partial charge on any atom is -0.492 e. The fourth-order valence-electron chi connectivity index (χ4n) is 2.40. The van der Waals surface area contributed by atoms with E-state index in [-0.39, 0.29) is 0 Å². The first kappa shape index (κ1) is 18.8. The van der Waals surface area contributed by atoms with Gasteiger partial charge in [-0.2, -0.15) is 0 Å². The van der Waals surface area contributed by atoms with Gasteiger partial charge in [0.1, 0.15) is 24.7 Å². The molecule has 2 rings (SSSR count). The van der Waals surface area contributed by atoms with Crippen LogP contribution in [0.2, 0.25) is 0 Å². The second-order valence-electron chi connectivity index (χ2n) is 6.17. The molecule has 1 aromatic heterocycles. The quantitative estimate of drug-likeness (QED) is 0.417. The van der Waals surface area contributed by atoms with Crippen molar-refractivity contribution in [1.82, 2.24) is 20.2 Å². The van der Waals surface area contributed by atoms with Crippen LogP contribution in [0.3, 0.4) is 0 Å². The number of hydrogen-bond acceptors (Lipinski definition) is 3. The maximum atomic E-state index is 5.69. The molecule has 0 amide bonds. The van der Waals surface area contributed by atoms with Crippen LogP contribution >= 0.6 is 0 Å². The monoisotopic (exact) mass is 343 g/mol. The SMILES string of the molecule is CCNC(=NCc1nccn1CC(C)C)NCCOc1ccccc1. The van der Waals surface area contributed by atoms with Gasteiger partial charge in [-0.3, -0.25) is 0 Å². The number of ether oxygens (including phenoxy) is 1. The molecule has 0 unspecified atom stereocenters. The molecule has 0 spiro atoms. The average Bonchev–Trinajstić information content (AvgIpc) is 3.03. The number of benzene rings is 1. The van der Waals surface area contributed by atoms with Gasteiger partial charge in [0.15, 0.2) is 5.96 Å². The Hall–Kier alpha value is -2.50. The van der Waals surface area contributed by atoms with Crippen LogP contribution in [-0.2, 0) is 13.1 Å². The smallest absolute Gasteiger partial charge is 0.191 e. The molecule has 6 heteroatoms. The van der Waals surface area contributed by atoms with Gasteiger partial charge in [0, 0.05) is 25.5 Å². The molecule has 1 aromatic carbocycles. The minimum atomic E-state index is 0.550. The largest absolute Gasteiger partial charge is 0.492 e. The van der Waals surface area contributed by atoms with E-state index in [1.54, 1.807) is 0 Å². The fraction of sp³-hybridized carbons (Fsp3) is 0.474. The molecule has 0 saturated heterocycles. The van der Waals surface area contributed by atoms with Crippen LogP contribution in [0, 0.1) is 5.92 Å². The highest BCUT2D eigenvalue weighted by Gasteiger charge is 2.05. The summed E-state index contributed by atoms with van der Waals surface area (Å²) in [7, 11) is 0. The predicted octanol–water partition coefficient (Wildman–Crippen LogP) is 2.67. The normalized spacial score (nSPS) is 11.6. The van der Waals surface area contributed by atoms with Crippen LogP contribution in [0.15, 0.2) is 47.7 Å². The summed E-state index contributed by atoms with van der Waals surface area (Å²) in [6.45, 7) is 10.0. The molecule has 0 aliphatic carbocycles. The molecule has 0 bridgehead atoms. The van der Waals surface area contributed by atoms with Crippen LogP contribution in [-0.4, -0.2) is 35.2 Å². The van der Waals surface area contributed by atoms with Gasteiger partial charge < -0.3 is 19.9 Å². The summed E-state index contributed by atoms with van der Waals surface area (Å²) in [6.07, 6.45) is 3.85. The Morgan fingerprint density at radius 2 is 2.04 bits per heavy atom. The molecule has 0 radical (unpaired) electrons. The number of aliphatic imine (C=N–C) groups is 1. The lowest BCUT2D eigenvalue weighted by Gasteiger charge is -2.13. The number of rotatable bonds is 9. The van der Waals surface area contributed by atoms with E-state index in [1.165, 1.54) is 0 Å². The van der Waals surface area contributed by atoms with Crippen molar-refractivity contribution in [2.45, 2.75) is 33.9 Å². The van der Waals surface area contributed by atoms with Crippen LogP contribution < -0.4 is 15.4 Å². The van der Waals surface area contributed by atoms with Crippen molar-refractivity contribution >= 4 is 5.96 Å². The lowest BCUT2D eigenvalue weighted by Crippen LogP contribution is -2.39. The van der Waals surface area contributed by atoms with E-state index in [2.05, 4.69) is 45.9 Å². The molecule has 0 saturated carbocycles. The minimum absolute atomic E-state index is 0.550. The zero-order valence-corrected chi connectivity index (χ0v) is 15.4. The second-order valence-corrected chi connectivity index (χ2v) is 6.17. The van der Waals surface area contributed by atoms with Gasteiger partial charge in [0.25, 0.3) is 0 Å². The third-order valence-corrected chi connectivity index (χ3v) is 3.49. The van der Waals surface area contributed by atoms with Crippen molar-refractivity contribution in [3.05, 3.63) is 48.5 Å². The summed E-state index contributed by atoms with van der Waals surface area (Å²) < 4.78 is 7.85. The van der Waals surface area contributed by atoms with Crippen molar-refractivity contribution < 1.29 is 4.74 Å². The summed E-state index contributed by atoms with van der Waals surface area (Å²) in [4.78, 5) is 9.04. The van der Waals surface area contributed by atoms with Crippen molar-refractivity contribution in [3.8, 4) is 5.75 Å². The molecule has 0 fully saturated rings. The van der Waals surface area contributed by atoms with E-state index >= 15 is 0 Å². The molecule has 0 aliphatic rings. The highest BCUT2D eigenvalue weighted by atomic mass is 16.5. The standard InChI is InChI=1S/C19H29N5O/c1-4-20-19(22-11-13-25-17-8-6-5-7-9-17)23-14-18-21-10-12-24(18)15-16(2)3/h5-10,12,16H,4,11,13-15H2,1-3H3,(H2,20,22,23). The Kier molecular flexibility index (Phi) is 7.82. The van der Waals surface area contributed by atoms with Crippen molar-refractivity contribution in [2.24, 2.45) is 10.9 Å². The van der Waals surface area contributed by atoms with Crippen LogP contribution in [0.5, 0.6) is 5.75 Å². The maximum Gasteiger partial charge on any atom is 0.191 e. The predicted molar refractivity (Wildman–Crippen MR) is 102 cm³/mol. The first-order chi connectivity index (χ1) is 12.2. The molecule has 0 aliphatic heterocycles. The van der Waals surface area contributed by atoms with Crippen molar-refractivity contribution in [3.63, 3.8) is 0 Å². The van der Waals surface area contributed by atoms with E-state index in [0.717, 1.165) is 30.6 Å². The summed E-state index contributed by atoms with van der Waals surface area (Å²) in [5.41, 5.74) is 0. The van der Waals surface area contributed by atoms with E-state index in [0.29, 0.717) is 25.6 Å². The molecular formula is C19H29N5O. The van der Waals surface area contributed by atoms with Crippen LogP contribution in [0.1, 0.15) is 26.6 Å². The molecule has 2 aromatic rings. The van der Waals surface area contributed by atoms with Gasteiger partial charge in [0.05, 0.1) is 6.54 Å². The van der Waals surface area contributed by atoms with Crippen LogP contribution in [0.25, 0.3) is 0 Å². The number of nitrogens with one attached hydrogen (secondary N) is 2. The van der Waals surface area contributed by atoms with Gasteiger partial charge in [-0.15, -0.1) is 0 Å².